The van der Waals surface area contributed by atoms with Gasteiger partial charge < -0.3 is 5.41 Å². The maximum Gasteiger partial charge on any atom is 0.0526 e. The highest BCUT2D eigenvalue weighted by atomic mass is 79.9. The van der Waals surface area contributed by atoms with Gasteiger partial charge in [-0.1, -0.05) is 28.8 Å². The largest absolute Gasteiger partial charge is 0.778 e. The summed E-state index contributed by atoms with van der Waals surface area (Å²) in [5.41, 5.74) is 2.80. The third-order valence-electron chi connectivity index (χ3n) is 2.90. The van der Waals surface area contributed by atoms with Gasteiger partial charge in [0, 0.05) is 37.1 Å². The molecule has 0 aromatic rings. The van der Waals surface area contributed by atoms with E-state index in [1.165, 1.54) is 31.3 Å². The maximum absolute atomic E-state index is 9.67. The van der Waals surface area contributed by atoms with E-state index in [1.807, 2.05) is 13.8 Å². The Kier molecular flexibility index (Phi) is 5.89. The lowest BCUT2D eigenvalue weighted by Crippen LogP contribution is -2.10. The molecule has 0 atom stereocenters. The molecule has 1 aliphatic carbocycles. The topological polar surface area (TPSA) is 22.3 Å². The van der Waals surface area contributed by atoms with Crippen LogP contribution in [-0.4, -0.2) is 11.0 Å². The van der Waals surface area contributed by atoms with Gasteiger partial charge in [-0.2, -0.15) is 0 Å². The van der Waals surface area contributed by atoms with Gasteiger partial charge in [0.1, 0.15) is 0 Å². The van der Waals surface area contributed by atoms with E-state index in [-0.39, 0.29) is 0 Å². The summed E-state index contributed by atoms with van der Waals surface area (Å²) in [6, 6.07) is 0. The van der Waals surface area contributed by atoms with Crippen LogP contribution < -0.4 is 0 Å². The van der Waals surface area contributed by atoms with E-state index in [1.54, 1.807) is 0 Å². The number of alkyl halides is 1. The minimum atomic E-state index is 0.447. The van der Waals surface area contributed by atoms with E-state index in [4.69, 9.17) is 0 Å². The van der Waals surface area contributed by atoms with Crippen LogP contribution >= 0.6 is 15.9 Å². The lowest BCUT2D eigenvalue weighted by molar-refractivity contribution is 0.672. The van der Waals surface area contributed by atoms with Crippen molar-refractivity contribution in [3.05, 3.63) is 34.6 Å². The molecule has 0 N–H and O–H groups in total. The molecule has 0 radical (unpaired) electrons. The van der Waals surface area contributed by atoms with Crippen LogP contribution in [0.3, 0.4) is 0 Å². The minimum absolute atomic E-state index is 0.447. The summed E-state index contributed by atoms with van der Waals surface area (Å²) in [6.07, 6.45) is 10.5. The first kappa shape index (κ1) is 13.6. The fraction of sp³-hybridized carbons (Fsp3) is 0.571. The quantitative estimate of drug-likeness (QED) is 0.378. The molecule has 0 bridgehead atoms. The molecule has 0 fully saturated rings. The first-order chi connectivity index (χ1) is 7.65. The zero-order chi connectivity index (χ0) is 12.0. The van der Waals surface area contributed by atoms with Crippen molar-refractivity contribution in [2.45, 2.75) is 46.0 Å². The Morgan fingerprint density at radius 2 is 1.94 bits per heavy atom. The molecule has 0 saturated heterocycles. The standard InChI is InChI=1S/C14H20BrN/c1-11-9-13(10-12(2)14(11)16)7-5-3-4-6-8-15/h9-10H,3-8H2,1-2H3. The minimum Gasteiger partial charge on any atom is -0.778 e. The second-order valence-electron chi connectivity index (χ2n) is 4.43. The molecule has 1 aliphatic rings. The van der Waals surface area contributed by atoms with Gasteiger partial charge in [0.25, 0.3) is 0 Å². The Morgan fingerprint density at radius 3 is 2.56 bits per heavy atom. The van der Waals surface area contributed by atoms with E-state index >= 15 is 0 Å². The van der Waals surface area contributed by atoms with Gasteiger partial charge >= 0.3 is 0 Å². The molecule has 88 valence electrons. The third-order valence-corrected chi connectivity index (χ3v) is 3.46. The van der Waals surface area contributed by atoms with Crippen LogP contribution in [0.15, 0.2) is 23.3 Å². The summed E-state index contributed by atoms with van der Waals surface area (Å²) in [5, 5.41) is 10.8. The maximum atomic E-state index is 9.67. The molecule has 1 rings (SSSR count). The summed E-state index contributed by atoms with van der Waals surface area (Å²) in [5.74, 6) is 0.996. The monoisotopic (exact) mass is 281 g/mol. The fourth-order valence-corrected chi connectivity index (χ4v) is 2.36. The Balaban J connectivity index is 2.33. The number of nitrogens with zero attached hydrogens (tertiary/aromatic N) is 1. The highest BCUT2D eigenvalue weighted by molar-refractivity contribution is 9.09. The van der Waals surface area contributed by atoms with Gasteiger partial charge in [-0.3, -0.25) is 0 Å². The van der Waals surface area contributed by atoms with E-state index in [9.17, 15) is 5.41 Å². The number of allylic oxidation sites excluding steroid dienone is 4. The molecule has 2 heteroatoms. The molecular formula is C14H20BrN. The van der Waals surface area contributed by atoms with E-state index < -0.39 is 0 Å². The molecule has 16 heavy (non-hydrogen) atoms. The van der Waals surface area contributed by atoms with Gasteiger partial charge in [-0.15, -0.1) is 0 Å². The summed E-state index contributed by atoms with van der Waals surface area (Å²) >= 11 is 3.45. The molecule has 1 nitrogen and oxygen atoms in total. The normalized spacial score (nSPS) is 16.2. The van der Waals surface area contributed by atoms with Crippen molar-refractivity contribution in [2.75, 3.05) is 5.33 Å². The summed E-state index contributed by atoms with van der Waals surface area (Å²) in [4.78, 5) is 0. The molecule has 0 amide bonds. The fourth-order valence-electron chi connectivity index (χ4n) is 1.97. The van der Waals surface area contributed by atoms with Gasteiger partial charge in [-0.25, -0.2) is 0 Å². The zero-order valence-electron chi connectivity index (χ0n) is 10.2. The number of unbranched alkanes of at least 4 members (excludes halogenated alkanes) is 3. The first-order valence-electron chi connectivity index (χ1n) is 6.00. The molecule has 0 aromatic carbocycles. The van der Waals surface area contributed by atoms with Crippen molar-refractivity contribution in [3.63, 3.8) is 0 Å². The predicted octanol–water partition coefficient (Wildman–Crippen LogP) is 4.82. The zero-order valence-corrected chi connectivity index (χ0v) is 11.8. The molecular weight excluding hydrogens is 262 g/mol. The van der Waals surface area contributed by atoms with Crippen molar-refractivity contribution in [1.82, 2.24) is 0 Å². The Labute approximate surface area is 108 Å². The molecule has 0 aliphatic heterocycles. The van der Waals surface area contributed by atoms with Crippen molar-refractivity contribution in [1.29, 1.82) is 0 Å². The SMILES string of the molecule is CC1=CC(CCCCCCBr)=C[C+](C)C1=[N-]. The Hall–Kier alpha value is -0.500. The van der Waals surface area contributed by atoms with Crippen LogP contribution in [0.5, 0.6) is 0 Å². The number of hydrogen-bond acceptors (Lipinski definition) is 0. The second-order valence-corrected chi connectivity index (χ2v) is 5.22. The summed E-state index contributed by atoms with van der Waals surface area (Å²) in [7, 11) is 0. The molecule has 0 unspecified atom stereocenters. The van der Waals surface area contributed by atoms with Crippen molar-refractivity contribution >= 4 is 21.6 Å². The average molecular weight is 282 g/mol. The number of rotatable bonds is 6. The van der Waals surface area contributed by atoms with Crippen molar-refractivity contribution in [3.8, 4) is 0 Å². The smallest absolute Gasteiger partial charge is 0.0526 e. The summed E-state index contributed by atoms with van der Waals surface area (Å²) < 4.78 is 0. The molecule has 0 heterocycles. The van der Waals surface area contributed by atoms with Crippen LogP contribution in [0.1, 0.15) is 46.0 Å². The van der Waals surface area contributed by atoms with Crippen LogP contribution in [-0.2, 0) is 0 Å². The molecule has 0 aromatic heterocycles. The number of hydrogen-bond donors (Lipinski definition) is 0. The second kappa shape index (κ2) is 6.95. The van der Waals surface area contributed by atoms with E-state index in [0.717, 1.165) is 23.2 Å². The van der Waals surface area contributed by atoms with Crippen LogP contribution in [0.2, 0.25) is 0 Å². The third kappa shape index (κ3) is 4.17. The number of halogens is 1. The molecule has 0 saturated carbocycles. The van der Waals surface area contributed by atoms with Crippen molar-refractivity contribution in [2.24, 2.45) is 0 Å². The Bertz CT molecular complexity index is 302. The highest BCUT2D eigenvalue weighted by Crippen LogP contribution is 2.24. The Morgan fingerprint density at radius 1 is 1.25 bits per heavy atom. The van der Waals surface area contributed by atoms with E-state index in [2.05, 4.69) is 28.1 Å². The lowest BCUT2D eigenvalue weighted by Gasteiger charge is -2.16. The van der Waals surface area contributed by atoms with E-state index in [0.29, 0.717) is 5.71 Å². The van der Waals surface area contributed by atoms with Gasteiger partial charge in [0.15, 0.2) is 0 Å². The molecule has 0 spiro atoms. The lowest BCUT2D eigenvalue weighted by atomic mass is 9.88. The first-order valence-corrected chi connectivity index (χ1v) is 7.12. The highest BCUT2D eigenvalue weighted by Gasteiger charge is 2.17. The van der Waals surface area contributed by atoms with Gasteiger partial charge in [0.2, 0.25) is 0 Å². The van der Waals surface area contributed by atoms with Crippen LogP contribution in [0, 0.1) is 5.92 Å². The van der Waals surface area contributed by atoms with Crippen molar-refractivity contribution < 1.29 is 0 Å². The summed E-state index contributed by atoms with van der Waals surface area (Å²) in [6.45, 7) is 3.94. The van der Waals surface area contributed by atoms with Gasteiger partial charge in [-0.05, 0) is 18.6 Å². The van der Waals surface area contributed by atoms with Crippen LogP contribution in [0.4, 0.5) is 0 Å². The van der Waals surface area contributed by atoms with Gasteiger partial charge in [0.05, 0.1) is 17.7 Å². The van der Waals surface area contributed by atoms with Crippen LogP contribution in [0.25, 0.3) is 5.41 Å². The average Bonchev–Trinajstić information content (AvgIpc) is 2.25. The predicted molar refractivity (Wildman–Crippen MR) is 76.0 cm³/mol.